The van der Waals surface area contributed by atoms with Crippen molar-refractivity contribution >= 4 is 0 Å². The van der Waals surface area contributed by atoms with Crippen LogP contribution in [0.5, 0.6) is 0 Å². The molecule has 2 heteroatoms. The average molecular weight is 214 g/mol. The summed E-state index contributed by atoms with van der Waals surface area (Å²) in [5, 5.41) is 12.7. The Hall–Kier alpha value is -1.33. The van der Waals surface area contributed by atoms with Crippen molar-refractivity contribution < 1.29 is 0 Å². The molecule has 1 aliphatic rings. The van der Waals surface area contributed by atoms with E-state index in [1.165, 1.54) is 24.0 Å². The maximum absolute atomic E-state index is 9.25. The SMILES string of the molecule is Cc1ccccc1CNC1(C#N)CCCC1. The van der Waals surface area contributed by atoms with Crippen LogP contribution < -0.4 is 5.32 Å². The lowest BCUT2D eigenvalue weighted by Crippen LogP contribution is -2.40. The van der Waals surface area contributed by atoms with Gasteiger partial charge in [0.25, 0.3) is 0 Å². The summed E-state index contributed by atoms with van der Waals surface area (Å²) < 4.78 is 0. The van der Waals surface area contributed by atoms with Gasteiger partial charge in [-0.1, -0.05) is 37.1 Å². The smallest absolute Gasteiger partial charge is 0.107 e. The van der Waals surface area contributed by atoms with E-state index in [2.05, 4.69) is 42.6 Å². The third kappa shape index (κ3) is 2.25. The monoisotopic (exact) mass is 214 g/mol. The van der Waals surface area contributed by atoms with Crippen LogP contribution in [0.3, 0.4) is 0 Å². The van der Waals surface area contributed by atoms with E-state index < -0.39 is 0 Å². The van der Waals surface area contributed by atoms with E-state index in [-0.39, 0.29) is 5.54 Å². The van der Waals surface area contributed by atoms with E-state index in [0.29, 0.717) is 0 Å². The van der Waals surface area contributed by atoms with Crippen LogP contribution in [0.4, 0.5) is 0 Å². The van der Waals surface area contributed by atoms with Gasteiger partial charge in [-0.3, -0.25) is 5.32 Å². The Balaban J connectivity index is 2.02. The summed E-state index contributed by atoms with van der Waals surface area (Å²) in [4.78, 5) is 0. The second-order valence-corrected chi connectivity index (χ2v) is 4.68. The molecule has 0 unspecified atom stereocenters. The van der Waals surface area contributed by atoms with E-state index in [1.807, 2.05) is 0 Å². The number of benzene rings is 1. The molecule has 1 aromatic carbocycles. The molecule has 0 spiro atoms. The van der Waals surface area contributed by atoms with Crippen LogP contribution in [0.2, 0.25) is 0 Å². The molecule has 0 saturated heterocycles. The lowest BCUT2D eigenvalue weighted by atomic mass is 9.99. The number of rotatable bonds is 3. The van der Waals surface area contributed by atoms with Crippen molar-refractivity contribution in [3.8, 4) is 6.07 Å². The molecule has 2 nitrogen and oxygen atoms in total. The minimum atomic E-state index is -0.262. The Bertz CT molecular complexity index is 397. The maximum Gasteiger partial charge on any atom is 0.107 e. The predicted octanol–water partition coefficient (Wildman–Crippen LogP) is 2.92. The fourth-order valence-electron chi connectivity index (χ4n) is 2.38. The van der Waals surface area contributed by atoms with E-state index >= 15 is 0 Å². The summed E-state index contributed by atoms with van der Waals surface area (Å²) in [5.74, 6) is 0. The van der Waals surface area contributed by atoms with Crippen molar-refractivity contribution in [2.45, 2.75) is 44.7 Å². The number of hydrogen-bond acceptors (Lipinski definition) is 2. The first-order valence-corrected chi connectivity index (χ1v) is 5.97. The van der Waals surface area contributed by atoms with Crippen LogP contribution in [0.1, 0.15) is 36.8 Å². The first kappa shape index (κ1) is 11.2. The van der Waals surface area contributed by atoms with Crippen LogP contribution in [0.25, 0.3) is 0 Å². The zero-order valence-corrected chi connectivity index (χ0v) is 9.79. The largest absolute Gasteiger partial charge is 0.295 e. The first-order valence-electron chi connectivity index (χ1n) is 5.97. The van der Waals surface area contributed by atoms with E-state index in [1.54, 1.807) is 0 Å². The van der Waals surface area contributed by atoms with Crippen molar-refractivity contribution in [2.24, 2.45) is 0 Å². The van der Waals surface area contributed by atoms with Crippen molar-refractivity contribution in [2.75, 3.05) is 0 Å². The van der Waals surface area contributed by atoms with Crippen molar-refractivity contribution in [1.82, 2.24) is 5.32 Å². The molecule has 84 valence electrons. The molecular formula is C14H18N2. The van der Waals surface area contributed by atoms with Crippen LogP contribution in [-0.2, 0) is 6.54 Å². The summed E-state index contributed by atoms with van der Waals surface area (Å²) in [6.45, 7) is 2.92. The molecule has 16 heavy (non-hydrogen) atoms. The molecule has 0 aromatic heterocycles. The first-order chi connectivity index (χ1) is 7.76. The van der Waals surface area contributed by atoms with E-state index in [9.17, 15) is 5.26 Å². The summed E-state index contributed by atoms with van der Waals surface area (Å²) in [7, 11) is 0. The predicted molar refractivity (Wildman–Crippen MR) is 64.8 cm³/mol. The molecule has 1 aliphatic carbocycles. The molecule has 2 rings (SSSR count). The lowest BCUT2D eigenvalue weighted by molar-refractivity contribution is 0.420. The van der Waals surface area contributed by atoms with Gasteiger partial charge in [-0.25, -0.2) is 0 Å². The van der Waals surface area contributed by atoms with Gasteiger partial charge in [-0.15, -0.1) is 0 Å². The number of nitrogens with one attached hydrogen (secondary N) is 1. The topological polar surface area (TPSA) is 35.8 Å². The van der Waals surface area contributed by atoms with Gasteiger partial charge in [0.1, 0.15) is 5.54 Å². The van der Waals surface area contributed by atoms with Crippen LogP contribution in [-0.4, -0.2) is 5.54 Å². The molecule has 0 amide bonds. The van der Waals surface area contributed by atoms with Gasteiger partial charge < -0.3 is 0 Å². The molecule has 0 aliphatic heterocycles. The molecular weight excluding hydrogens is 196 g/mol. The van der Waals surface area contributed by atoms with Gasteiger partial charge in [-0.2, -0.15) is 5.26 Å². The Kier molecular flexibility index (Phi) is 3.26. The minimum absolute atomic E-state index is 0.262. The third-order valence-electron chi connectivity index (χ3n) is 3.55. The zero-order valence-electron chi connectivity index (χ0n) is 9.79. The van der Waals surface area contributed by atoms with Gasteiger partial charge in [0.2, 0.25) is 0 Å². The van der Waals surface area contributed by atoms with E-state index in [4.69, 9.17) is 0 Å². The molecule has 1 N–H and O–H groups in total. The quantitative estimate of drug-likeness (QED) is 0.839. The highest BCUT2D eigenvalue weighted by molar-refractivity contribution is 5.26. The number of nitrogens with zero attached hydrogens (tertiary/aromatic N) is 1. The highest BCUT2D eigenvalue weighted by Crippen LogP contribution is 2.29. The average Bonchev–Trinajstić information content (AvgIpc) is 2.78. The molecule has 0 radical (unpaired) electrons. The van der Waals surface area contributed by atoms with Gasteiger partial charge in [-0.05, 0) is 30.9 Å². The number of aryl methyl sites for hydroxylation is 1. The van der Waals surface area contributed by atoms with Crippen LogP contribution in [0.15, 0.2) is 24.3 Å². The molecule has 0 bridgehead atoms. The maximum atomic E-state index is 9.25. The third-order valence-corrected chi connectivity index (χ3v) is 3.55. The second-order valence-electron chi connectivity index (χ2n) is 4.68. The van der Waals surface area contributed by atoms with Gasteiger partial charge in [0.15, 0.2) is 0 Å². The molecule has 1 aromatic rings. The fourth-order valence-corrected chi connectivity index (χ4v) is 2.38. The molecule has 1 saturated carbocycles. The number of hydrogen-bond donors (Lipinski definition) is 1. The molecule has 0 heterocycles. The van der Waals surface area contributed by atoms with Gasteiger partial charge >= 0.3 is 0 Å². The van der Waals surface area contributed by atoms with Crippen molar-refractivity contribution in [3.05, 3.63) is 35.4 Å². The standard InChI is InChI=1S/C14H18N2/c1-12-6-2-3-7-13(12)10-16-14(11-15)8-4-5-9-14/h2-3,6-7,16H,4-5,8-10H2,1H3. The minimum Gasteiger partial charge on any atom is -0.295 e. The van der Waals surface area contributed by atoms with Crippen LogP contribution in [0, 0.1) is 18.3 Å². The fraction of sp³-hybridized carbons (Fsp3) is 0.500. The zero-order chi connectivity index (χ0) is 11.4. The molecule has 0 atom stereocenters. The Labute approximate surface area is 97.3 Å². The Morgan fingerprint density at radius 3 is 2.62 bits per heavy atom. The second kappa shape index (κ2) is 4.67. The Morgan fingerprint density at radius 1 is 1.31 bits per heavy atom. The number of nitriles is 1. The van der Waals surface area contributed by atoms with E-state index in [0.717, 1.165) is 19.4 Å². The summed E-state index contributed by atoms with van der Waals surface area (Å²) >= 11 is 0. The Morgan fingerprint density at radius 2 is 2.00 bits per heavy atom. The molecule has 1 fully saturated rings. The van der Waals surface area contributed by atoms with Gasteiger partial charge in [0.05, 0.1) is 6.07 Å². The summed E-state index contributed by atoms with van der Waals surface area (Å²) in [6, 6.07) is 10.8. The van der Waals surface area contributed by atoms with Gasteiger partial charge in [0, 0.05) is 6.54 Å². The summed E-state index contributed by atoms with van der Waals surface area (Å²) in [5.41, 5.74) is 2.33. The van der Waals surface area contributed by atoms with Crippen LogP contribution >= 0.6 is 0 Å². The lowest BCUT2D eigenvalue weighted by Gasteiger charge is -2.22. The highest BCUT2D eigenvalue weighted by atomic mass is 15.0. The highest BCUT2D eigenvalue weighted by Gasteiger charge is 2.33. The van der Waals surface area contributed by atoms with Crippen molar-refractivity contribution in [3.63, 3.8) is 0 Å². The van der Waals surface area contributed by atoms with Crippen molar-refractivity contribution in [1.29, 1.82) is 5.26 Å². The summed E-state index contributed by atoms with van der Waals surface area (Å²) in [6.07, 6.45) is 4.34. The normalized spacial score (nSPS) is 18.2.